The van der Waals surface area contributed by atoms with Crippen molar-refractivity contribution in [2.75, 3.05) is 25.1 Å². The van der Waals surface area contributed by atoms with Gasteiger partial charge in [0, 0.05) is 19.2 Å². The fourth-order valence-corrected chi connectivity index (χ4v) is 3.90. The molecule has 22 heavy (non-hydrogen) atoms. The fourth-order valence-electron chi connectivity index (χ4n) is 2.59. The normalized spacial score (nSPS) is 21.1. The van der Waals surface area contributed by atoms with E-state index in [0.29, 0.717) is 23.6 Å². The molecular formula is C14H18N2O5S. The SMILES string of the molecule is Cc1cc2c(cc1S(=O)(=O)NC[C@H]1CCCO1)OCC(=O)N2. The minimum atomic E-state index is -3.65. The molecule has 0 spiro atoms. The molecule has 0 aliphatic carbocycles. The summed E-state index contributed by atoms with van der Waals surface area (Å²) in [7, 11) is -3.65. The van der Waals surface area contributed by atoms with Crippen LogP contribution < -0.4 is 14.8 Å². The van der Waals surface area contributed by atoms with Crippen LogP contribution >= 0.6 is 0 Å². The molecule has 2 N–H and O–H groups in total. The summed E-state index contributed by atoms with van der Waals surface area (Å²) < 4.78 is 38.2. The van der Waals surface area contributed by atoms with Gasteiger partial charge in [-0.25, -0.2) is 13.1 Å². The van der Waals surface area contributed by atoms with E-state index in [2.05, 4.69) is 10.0 Å². The van der Waals surface area contributed by atoms with Gasteiger partial charge in [-0.2, -0.15) is 0 Å². The standard InChI is InChI=1S/C14H18N2O5S/c1-9-5-11-12(21-8-14(17)16-11)6-13(9)22(18,19)15-7-10-3-2-4-20-10/h5-6,10,15H,2-4,7-8H2,1H3,(H,16,17)/t10-/m1/s1. The Labute approximate surface area is 129 Å². The Balaban J connectivity index is 1.82. The summed E-state index contributed by atoms with van der Waals surface area (Å²) >= 11 is 0. The number of sulfonamides is 1. The molecule has 120 valence electrons. The summed E-state index contributed by atoms with van der Waals surface area (Å²) in [5.74, 6) is 0.113. The van der Waals surface area contributed by atoms with E-state index >= 15 is 0 Å². The zero-order valence-electron chi connectivity index (χ0n) is 12.2. The van der Waals surface area contributed by atoms with Gasteiger partial charge in [0.2, 0.25) is 10.0 Å². The third-order valence-electron chi connectivity index (χ3n) is 3.72. The lowest BCUT2D eigenvalue weighted by atomic mass is 10.2. The van der Waals surface area contributed by atoms with Crippen molar-refractivity contribution in [2.24, 2.45) is 0 Å². The molecule has 2 aliphatic rings. The van der Waals surface area contributed by atoms with Crippen molar-refractivity contribution in [1.29, 1.82) is 0 Å². The van der Waals surface area contributed by atoms with Gasteiger partial charge in [0.1, 0.15) is 5.75 Å². The highest BCUT2D eigenvalue weighted by molar-refractivity contribution is 7.89. The number of aryl methyl sites for hydroxylation is 1. The highest BCUT2D eigenvalue weighted by atomic mass is 32.2. The highest BCUT2D eigenvalue weighted by Crippen LogP contribution is 2.32. The van der Waals surface area contributed by atoms with E-state index in [-0.39, 0.29) is 30.1 Å². The summed E-state index contributed by atoms with van der Waals surface area (Å²) in [5, 5.41) is 2.66. The zero-order chi connectivity index (χ0) is 15.7. The quantitative estimate of drug-likeness (QED) is 0.853. The minimum absolute atomic E-state index is 0.0664. The van der Waals surface area contributed by atoms with Gasteiger partial charge in [0.15, 0.2) is 6.61 Å². The third kappa shape index (κ3) is 3.08. The summed E-state index contributed by atoms with van der Waals surface area (Å²) in [5.41, 5.74) is 1.04. The lowest BCUT2D eigenvalue weighted by Gasteiger charge is -2.20. The van der Waals surface area contributed by atoms with Gasteiger partial charge < -0.3 is 14.8 Å². The molecule has 3 rings (SSSR count). The smallest absolute Gasteiger partial charge is 0.262 e. The summed E-state index contributed by atoms with van der Waals surface area (Å²) in [6.45, 7) is 2.51. The molecule has 1 fully saturated rings. The van der Waals surface area contributed by atoms with Crippen LogP contribution in [0.4, 0.5) is 5.69 Å². The maximum Gasteiger partial charge on any atom is 0.262 e. The van der Waals surface area contributed by atoms with Gasteiger partial charge in [-0.05, 0) is 31.4 Å². The Morgan fingerprint density at radius 2 is 2.23 bits per heavy atom. The van der Waals surface area contributed by atoms with Crippen molar-refractivity contribution in [1.82, 2.24) is 4.72 Å². The largest absolute Gasteiger partial charge is 0.482 e. The third-order valence-corrected chi connectivity index (χ3v) is 5.29. The van der Waals surface area contributed by atoms with Gasteiger partial charge in [-0.1, -0.05) is 0 Å². The molecule has 0 unspecified atom stereocenters. The first-order valence-corrected chi connectivity index (χ1v) is 8.62. The van der Waals surface area contributed by atoms with Gasteiger partial charge in [0.05, 0.1) is 16.7 Å². The Hall–Kier alpha value is -1.64. The van der Waals surface area contributed by atoms with Crippen molar-refractivity contribution < 1.29 is 22.7 Å². The number of anilines is 1. The monoisotopic (exact) mass is 326 g/mol. The van der Waals surface area contributed by atoms with Crippen LogP contribution in [0.5, 0.6) is 5.75 Å². The number of hydrogen-bond acceptors (Lipinski definition) is 5. The molecule has 2 heterocycles. The first kappa shape index (κ1) is 15.3. The van der Waals surface area contributed by atoms with E-state index in [1.165, 1.54) is 6.07 Å². The Morgan fingerprint density at radius 1 is 1.41 bits per heavy atom. The van der Waals surface area contributed by atoms with E-state index in [0.717, 1.165) is 12.8 Å². The second kappa shape index (κ2) is 5.86. The van der Waals surface area contributed by atoms with E-state index in [1.807, 2.05) is 0 Å². The topological polar surface area (TPSA) is 93.7 Å². The number of benzene rings is 1. The zero-order valence-corrected chi connectivity index (χ0v) is 13.0. The van der Waals surface area contributed by atoms with Crippen LogP contribution in [0.25, 0.3) is 0 Å². The second-order valence-corrected chi connectivity index (χ2v) is 7.17. The lowest BCUT2D eigenvalue weighted by Crippen LogP contribution is -2.32. The molecule has 0 aromatic heterocycles. The van der Waals surface area contributed by atoms with Crippen LogP contribution in [-0.2, 0) is 19.6 Å². The summed E-state index contributed by atoms with van der Waals surface area (Å²) in [4.78, 5) is 11.4. The maximum absolute atomic E-state index is 12.5. The Bertz CT molecular complexity index is 695. The Morgan fingerprint density at radius 3 is 2.95 bits per heavy atom. The van der Waals surface area contributed by atoms with E-state index in [1.54, 1.807) is 13.0 Å². The van der Waals surface area contributed by atoms with Crippen molar-refractivity contribution in [2.45, 2.75) is 30.8 Å². The molecule has 1 amide bonds. The lowest BCUT2D eigenvalue weighted by molar-refractivity contribution is -0.118. The fraction of sp³-hybridized carbons (Fsp3) is 0.500. The molecule has 0 radical (unpaired) electrons. The average molecular weight is 326 g/mol. The first-order valence-electron chi connectivity index (χ1n) is 7.14. The number of rotatable bonds is 4. The average Bonchev–Trinajstić information content (AvgIpc) is 2.97. The van der Waals surface area contributed by atoms with Crippen LogP contribution in [-0.4, -0.2) is 40.2 Å². The van der Waals surface area contributed by atoms with Gasteiger partial charge >= 0.3 is 0 Å². The number of carbonyl (C=O) groups excluding carboxylic acids is 1. The number of ether oxygens (including phenoxy) is 2. The maximum atomic E-state index is 12.5. The van der Waals surface area contributed by atoms with Gasteiger partial charge in [0.25, 0.3) is 5.91 Å². The van der Waals surface area contributed by atoms with Crippen LogP contribution in [0.2, 0.25) is 0 Å². The van der Waals surface area contributed by atoms with Crippen molar-refractivity contribution in [3.05, 3.63) is 17.7 Å². The molecule has 1 saturated heterocycles. The van der Waals surface area contributed by atoms with Crippen LogP contribution in [0, 0.1) is 6.92 Å². The Kier molecular flexibility index (Phi) is 4.07. The molecule has 0 bridgehead atoms. The van der Waals surface area contributed by atoms with Crippen LogP contribution in [0.1, 0.15) is 18.4 Å². The second-order valence-electron chi connectivity index (χ2n) is 5.44. The number of hydrogen-bond donors (Lipinski definition) is 2. The van der Waals surface area contributed by atoms with E-state index < -0.39 is 10.0 Å². The molecule has 0 saturated carbocycles. The predicted octanol–water partition coefficient (Wildman–Crippen LogP) is 0.783. The predicted molar refractivity (Wildman–Crippen MR) is 79.5 cm³/mol. The summed E-state index contributed by atoms with van der Waals surface area (Å²) in [6.07, 6.45) is 1.75. The molecular weight excluding hydrogens is 308 g/mol. The molecule has 1 atom stereocenters. The molecule has 1 aromatic rings. The van der Waals surface area contributed by atoms with Crippen molar-refractivity contribution >= 4 is 21.6 Å². The summed E-state index contributed by atoms with van der Waals surface area (Å²) in [6, 6.07) is 3.05. The van der Waals surface area contributed by atoms with E-state index in [4.69, 9.17) is 9.47 Å². The van der Waals surface area contributed by atoms with Crippen molar-refractivity contribution in [3.63, 3.8) is 0 Å². The van der Waals surface area contributed by atoms with Crippen LogP contribution in [0.3, 0.4) is 0 Å². The number of carbonyl (C=O) groups is 1. The van der Waals surface area contributed by atoms with Crippen molar-refractivity contribution in [3.8, 4) is 5.75 Å². The number of nitrogens with one attached hydrogen (secondary N) is 2. The van der Waals surface area contributed by atoms with Gasteiger partial charge in [-0.3, -0.25) is 4.79 Å². The first-order chi connectivity index (χ1) is 10.5. The van der Waals surface area contributed by atoms with E-state index in [9.17, 15) is 13.2 Å². The molecule has 7 nitrogen and oxygen atoms in total. The number of amides is 1. The molecule has 2 aliphatic heterocycles. The minimum Gasteiger partial charge on any atom is -0.482 e. The number of fused-ring (bicyclic) bond motifs is 1. The molecule has 8 heteroatoms. The van der Waals surface area contributed by atoms with Gasteiger partial charge in [-0.15, -0.1) is 0 Å². The highest BCUT2D eigenvalue weighted by Gasteiger charge is 2.25. The van der Waals surface area contributed by atoms with Crippen LogP contribution in [0.15, 0.2) is 17.0 Å². The molecule has 1 aromatic carbocycles.